The van der Waals surface area contributed by atoms with Crippen LogP contribution >= 0.6 is 0 Å². The standard InChI is InChI=1S/C14H24N4O2/c1-10(2)20-14-12(15)13(16-9-17-14)18(3)7-11-5-4-6-19-8-11/h9-11H,4-8,15H2,1-3H3. The molecular formula is C14H24N4O2. The lowest BCUT2D eigenvalue weighted by Crippen LogP contribution is -2.32. The van der Waals surface area contributed by atoms with Gasteiger partial charge >= 0.3 is 0 Å². The molecule has 1 aromatic heterocycles. The zero-order valence-corrected chi connectivity index (χ0v) is 12.5. The molecule has 0 bridgehead atoms. The van der Waals surface area contributed by atoms with Crippen molar-refractivity contribution in [2.45, 2.75) is 32.8 Å². The van der Waals surface area contributed by atoms with Crippen LogP contribution in [0.2, 0.25) is 0 Å². The molecule has 2 rings (SSSR count). The predicted molar refractivity (Wildman–Crippen MR) is 79.0 cm³/mol. The normalized spacial score (nSPS) is 19.1. The van der Waals surface area contributed by atoms with Crippen molar-refractivity contribution in [1.29, 1.82) is 0 Å². The molecule has 6 nitrogen and oxygen atoms in total. The molecule has 1 aromatic rings. The maximum absolute atomic E-state index is 6.11. The Morgan fingerprint density at radius 2 is 2.30 bits per heavy atom. The fourth-order valence-corrected chi connectivity index (χ4v) is 2.42. The van der Waals surface area contributed by atoms with Crippen molar-refractivity contribution in [1.82, 2.24) is 9.97 Å². The van der Waals surface area contributed by atoms with Crippen LogP contribution in [-0.4, -0.2) is 42.9 Å². The van der Waals surface area contributed by atoms with Gasteiger partial charge in [-0.1, -0.05) is 0 Å². The van der Waals surface area contributed by atoms with E-state index in [1.54, 1.807) is 0 Å². The van der Waals surface area contributed by atoms with Crippen LogP contribution in [0, 0.1) is 5.92 Å². The van der Waals surface area contributed by atoms with Gasteiger partial charge in [-0.15, -0.1) is 0 Å². The molecule has 1 saturated heterocycles. The summed E-state index contributed by atoms with van der Waals surface area (Å²) in [7, 11) is 1.99. The first-order valence-corrected chi connectivity index (χ1v) is 7.14. The highest BCUT2D eigenvalue weighted by Crippen LogP contribution is 2.28. The van der Waals surface area contributed by atoms with Gasteiger partial charge in [0.05, 0.1) is 12.7 Å². The van der Waals surface area contributed by atoms with Crippen molar-refractivity contribution >= 4 is 11.5 Å². The molecule has 2 N–H and O–H groups in total. The number of nitrogen functional groups attached to an aromatic ring is 1. The van der Waals surface area contributed by atoms with Gasteiger partial charge < -0.3 is 20.1 Å². The van der Waals surface area contributed by atoms with Crippen molar-refractivity contribution in [3.63, 3.8) is 0 Å². The zero-order chi connectivity index (χ0) is 14.5. The molecule has 20 heavy (non-hydrogen) atoms. The van der Waals surface area contributed by atoms with Gasteiger partial charge in [-0.05, 0) is 32.6 Å². The Balaban J connectivity index is 2.06. The van der Waals surface area contributed by atoms with E-state index in [2.05, 4.69) is 14.9 Å². The van der Waals surface area contributed by atoms with Gasteiger partial charge in [0.1, 0.15) is 12.0 Å². The van der Waals surface area contributed by atoms with Crippen LogP contribution in [0.5, 0.6) is 5.88 Å². The average Bonchev–Trinajstić information content (AvgIpc) is 2.41. The fraction of sp³-hybridized carbons (Fsp3) is 0.714. The quantitative estimate of drug-likeness (QED) is 0.885. The Morgan fingerprint density at radius 3 is 2.95 bits per heavy atom. The van der Waals surface area contributed by atoms with Crippen LogP contribution in [0.15, 0.2) is 6.33 Å². The maximum atomic E-state index is 6.11. The third kappa shape index (κ3) is 3.72. The second kappa shape index (κ2) is 6.74. The third-order valence-corrected chi connectivity index (χ3v) is 3.32. The SMILES string of the molecule is CC(C)Oc1ncnc(N(C)CC2CCCOC2)c1N. The molecule has 2 heterocycles. The summed E-state index contributed by atoms with van der Waals surface area (Å²) in [5.41, 5.74) is 6.62. The maximum Gasteiger partial charge on any atom is 0.242 e. The van der Waals surface area contributed by atoms with Gasteiger partial charge in [0.25, 0.3) is 0 Å². The molecule has 0 aromatic carbocycles. The van der Waals surface area contributed by atoms with Gasteiger partial charge in [0.2, 0.25) is 5.88 Å². The molecule has 1 unspecified atom stereocenters. The number of hydrogen-bond acceptors (Lipinski definition) is 6. The Morgan fingerprint density at radius 1 is 1.50 bits per heavy atom. The second-order valence-corrected chi connectivity index (χ2v) is 5.55. The summed E-state index contributed by atoms with van der Waals surface area (Å²) in [6.45, 7) is 6.46. The van der Waals surface area contributed by atoms with Crippen LogP contribution in [0.3, 0.4) is 0 Å². The molecule has 1 aliphatic heterocycles. The summed E-state index contributed by atoms with van der Waals surface area (Å²) in [4.78, 5) is 10.4. The minimum atomic E-state index is 0.0390. The van der Waals surface area contributed by atoms with Crippen molar-refractivity contribution in [2.75, 3.05) is 37.4 Å². The Hall–Kier alpha value is -1.56. The highest BCUT2D eigenvalue weighted by Gasteiger charge is 2.19. The number of anilines is 2. The van der Waals surface area contributed by atoms with Crippen molar-refractivity contribution in [2.24, 2.45) is 5.92 Å². The van der Waals surface area contributed by atoms with E-state index in [9.17, 15) is 0 Å². The van der Waals surface area contributed by atoms with E-state index in [0.29, 0.717) is 17.5 Å². The molecule has 0 radical (unpaired) electrons. The molecule has 0 aliphatic carbocycles. The van der Waals surface area contributed by atoms with E-state index < -0.39 is 0 Å². The van der Waals surface area contributed by atoms with E-state index in [0.717, 1.165) is 32.0 Å². The minimum absolute atomic E-state index is 0.0390. The second-order valence-electron chi connectivity index (χ2n) is 5.55. The van der Waals surface area contributed by atoms with Crippen LogP contribution in [-0.2, 0) is 4.74 Å². The molecule has 0 amide bonds. The van der Waals surface area contributed by atoms with Crippen LogP contribution in [0.1, 0.15) is 26.7 Å². The smallest absolute Gasteiger partial charge is 0.242 e. The van der Waals surface area contributed by atoms with Crippen LogP contribution in [0.4, 0.5) is 11.5 Å². The Bertz CT molecular complexity index is 433. The zero-order valence-electron chi connectivity index (χ0n) is 12.5. The highest BCUT2D eigenvalue weighted by molar-refractivity contribution is 5.67. The van der Waals surface area contributed by atoms with Crippen molar-refractivity contribution < 1.29 is 9.47 Å². The molecule has 1 atom stereocenters. The molecule has 0 spiro atoms. The molecule has 1 aliphatic rings. The number of nitrogens with two attached hydrogens (primary N) is 1. The summed E-state index contributed by atoms with van der Waals surface area (Å²) < 4.78 is 11.1. The monoisotopic (exact) mass is 280 g/mol. The third-order valence-electron chi connectivity index (χ3n) is 3.32. The molecule has 6 heteroatoms. The van der Waals surface area contributed by atoms with E-state index in [-0.39, 0.29) is 6.10 Å². The molecule has 1 fully saturated rings. The average molecular weight is 280 g/mol. The van der Waals surface area contributed by atoms with Gasteiger partial charge in [-0.25, -0.2) is 4.98 Å². The van der Waals surface area contributed by atoms with Gasteiger partial charge in [0.15, 0.2) is 5.82 Å². The number of rotatable bonds is 5. The number of hydrogen-bond donors (Lipinski definition) is 1. The Labute approximate surface area is 120 Å². The molecular weight excluding hydrogens is 256 g/mol. The Kier molecular flexibility index (Phi) is 5.00. The van der Waals surface area contributed by atoms with E-state index >= 15 is 0 Å². The van der Waals surface area contributed by atoms with E-state index in [4.69, 9.17) is 15.2 Å². The lowest BCUT2D eigenvalue weighted by atomic mass is 10.0. The highest BCUT2D eigenvalue weighted by atomic mass is 16.5. The van der Waals surface area contributed by atoms with E-state index in [1.165, 1.54) is 12.7 Å². The van der Waals surface area contributed by atoms with Crippen LogP contribution in [0.25, 0.3) is 0 Å². The first-order valence-electron chi connectivity index (χ1n) is 7.14. The van der Waals surface area contributed by atoms with Crippen molar-refractivity contribution in [3.05, 3.63) is 6.33 Å². The lowest BCUT2D eigenvalue weighted by Gasteiger charge is -2.28. The topological polar surface area (TPSA) is 73.5 Å². The summed E-state index contributed by atoms with van der Waals surface area (Å²) in [5.74, 6) is 1.70. The summed E-state index contributed by atoms with van der Waals surface area (Å²) in [5, 5.41) is 0. The first-order chi connectivity index (χ1) is 9.58. The van der Waals surface area contributed by atoms with Gasteiger partial charge in [0, 0.05) is 20.2 Å². The minimum Gasteiger partial charge on any atom is -0.473 e. The fourth-order valence-electron chi connectivity index (χ4n) is 2.42. The molecule has 112 valence electrons. The molecule has 0 saturated carbocycles. The largest absolute Gasteiger partial charge is 0.473 e. The van der Waals surface area contributed by atoms with Crippen molar-refractivity contribution in [3.8, 4) is 5.88 Å². The van der Waals surface area contributed by atoms with Gasteiger partial charge in [-0.3, -0.25) is 0 Å². The summed E-state index contributed by atoms with van der Waals surface area (Å²) in [6, 6.07) is 0. The predicted octanol–water partition coefficient (Wildman–Crippen LogP) is 1.71. The van der Waals surface area contributed by atoms with E-state index in [1.807, 2.05) is 20.9 Å². The van der Waals surface area contributed by atoms with Gasteiger partial charge in [-0.2, -0.15) is 4.98 Å². The number of ether oxygens (including phenoxy) is 2. The summed E-state index contributed by atoms with van der Waals surface area (Å²) in [6.07, 6.45) is 3.85. The van der Waals surface area contributed by atoms with Crippen LogP contribution < -0.4 is 15.4 Å². The summed E-state index contributed by atoms with van der Waals surface area (Å²) >= 11 is 0. The number of nitrogens with zero attached hydrogens (tertiary/aromatic N) is 3. The number of aromatic nitrogens is 2. The lowest BCUT2D eigenvalue weighted by molar-refractivity contribution is 0.0576. The first kappa shape index (κ1) is 14.8.